The largest absolute Gasteiger partial charge is 0.384 e. The molecule has 0 amide bonds. The Kier molecular flexibility index (Phi) is 5.06. The molecule has 4 rings (SSSR count). The highest BCUT2D eigenvalue weighted by Crippen LogP contribution is 2.55. The van der Waals surface area contributed by atoms with E-state index < -0.39 is 0 Å². The van der Waals surface area contributed by atoms with Crippen LogP contribution in [0.15, 0.2) is 60.7 Å². The van der Waals surface area contributed by atoms with Gasteiger partial charge in [-0.3, -0.25) is 5.41 Å². The molecule has 0 aliphatic heterocycles. The van der Waals surface area contributed by atoms with Gasteiger partial charge in [-0.05, 0) is 57.7 Å². The van der Waals surface area contributed by atoms with Gasteiger partial charge in [0.2, 0.25) is 0 Å². The molecule has 1 saturated carbocycles. The molecule has 1 fully saturated rings. The SMILES string of the molecule is CC(C)c1ccc(C2CC2c2ccc3cc(C(=N)N)ccc3c2)cc1.Cl. The van der Waals surface area contributed by atoms with Gasteiger partial charge in [0.15, 0.2) is 0 Å². The predicted octanol–water partition coefficient (Wildman–Crippen LogP) is 5.94. The van der Waals surface area contributed by atoms with E-state index in [2.05, 4.69) is 62.4 Å². The number of nitrogen functional groups attached to an aromatic ring is 1. The summed E-state index contributed by atoms with van der Waals surface area (Å²) < 4.78 is 0. The Balaban J connectivity index is 0.00000196. The van der Waals surface area contributed by atoms with Crippen LogP contribution in [0.1, 0.15) is 60.3 Å². The zero-order chi connectivity index (χ0) is 17.6. The number of amidine groups is 1. The summed E-state index contributed by atoms with van der Waals surface area (Å²) in [5.41, 5.74) is 10.7. The van der Waals surface area contributed by atoms with Crippen molar-refractivity contribution in [1.29, 1.82) is 5.41 Å². The zero-order valence-corrected chi connectivity index (χ0v) is 16.0. The lowest BCUT2D eigenvalue weighted by atomic mass is 9.97. The monoisotopic (exact) mass is 364 g/mol. The van der Waals surface area contributed by atoms with Crippen molar-refractivity contribution < 1.29 is 0 Å². The standard InChI is InChI=1S/C23H24N2.ClH/c1-14(2)15-3-5-16(6-4-15)21-13-22(21)19-9-7-18-12-20(23(24)25)10-8-17(18)11-19;/h3-12,14,21-22H,13H2,1-2H3,(H3,24,25);1H. The van der Waals surface area contributed by atoms with Gasteiger partial charge in [-0.2, -0.15) is 0 Å². The van der Waals surface area contributed by atoms with E-state index >= 15 is 0 Å². The lowest BCUT2D eigenvalue weighted by molar-refractivity contribution is 0.864. The summed E-state index contributed by atoms with van der Waals surface area (Å²) >= 11 is 0. The summed E-state index contributed by atoms with van der Waals surface area (Å²) in [5.74, 6) is 1.99. The number of fused-ring (bicyclic) bond motifs is 1. The molecule has 3 N–H and O–H groups in total. The third-order valence-electron chi connectivity index (χ3n) is 5.43. The first-order chi connectivity index (χ1) is 12.0. The molecule has 2 nitrogen and oxygen atoms in total. The first kappa shape index (κ1) is 18.5. The van der Waals surface area contributed by atoms with Crippen LogP contribution in [0.25, 0.3) is 10.8 Å². The Morgan fingerprint density at radius 1 is 0.885 bits per heavy atom. The molecule has 2 atom stereocenters. The number of rotatable bonds is 4. The first-order valence-electron chi connectivity index (χ1n) is 9.01. The van der Waals surface area contributed by atoms with Gasteiger partial charge in [-0.1, -0.05) is 68.4 Å². The summed E-state index contributed by atoms with van der Waals surface area (Å²) in [6.45, 7) is 4.48. The third-order valence-corrected chi connectivity index (χ3v) is 5.43. The van der Waals surface area contributed by atoms with Crippen LogP contribution in [0, 0.1) is 5.41 Å². The fraction of sp³-hybridized carbons (Fsp3) is 0.261. The van der Waals surface area contributed by atoms with E-state index in [0.29, 0.717) is 17.8 Å². The maximum Gasteiger partial charge on any atom is 0.122 e. The van der Waals surface area contributed by atoms with Crippen LogP contribution in [0.2, 0.25) is 0 Å². The number of nitrogens with one attached hydrogen (secondary N) is 1. The summed E-state index contributed by atoms with van der Waals surface area (Å²) in [6.07, 6.45) is 1.23. The summed E-state index contributed by atoms with van der Waals surface area (Å²) in [6, 6.07) is 21.9. The predicted molar refractivity (Wildman–Crippen MR) is 113 cm³/mol. The van der Waals surface area contributed by atoms with Gasteiger partial charge in [0.05, 0.1) is 0 Å². The second kappa shape index (κ2) is 7.13. The van der Waals surface area contributed by atoms with Gasteiger partial charge in [0.25, 0.3) is 0 Å². The van der Waals surface area contributed by atoms with Gasteiger partial charge in [-0.25, -0.2) is 0 Å². The molecule has 0 aromatic heterocycles. The number of halogens is 1. The second-order valence-electron chi connectivity index (χ2n) is 7.51. The van der Waals surface area contributed by atoms with E-state index in [1.807, 2.05) is 12.1 Å². The molecule has 0 heterocycles. The molecule has 134 valence electrons. The fourth-order valence-electron chi connectivity index (χ4n) is 3.72. The summed E-state index contributed by atoms with van der Waals surface area (Å²) in [4.78, 5) is 0. The lowest BCUT2D eigenvalue weighted by Crippen LogP contribution is -2.10. The minimum atomic E-state index is 0. The van der Waals surface area contributed by atoms with Crippen LogP contribution in [-0.2, 0) is 0 Å². The van der Waals surface area contributed by atoms with Crippen LogP contribution in [0.4, 0.5) is 0 Å². The zero-order valence-electron chi connectivity index (χ0n) is 15.2. The van der Waals surface area contributed by atoms with Gasteiger partial charge in [0, 0.05) is 5.56 Å². The smallest absolute Gasteiger partial charge is 0.122 e. The molecule has 2 unspecified atom stereocenters. The molecule has 26 heavy (non-hydrogen) atoms. The first-order valence-corrected chi connectivity index (χ1v) is 9.01. The van der Waals surface area contributed by atoms with Crippen molar-refractivity contribution in [2.45, 2.75) is 38.0 Å². The Hall–Kier alpha value is -2.32. The van der Waals surface area contributed by atoms with E-state index in [1.54, 1.807) is 0 Å². The van der Waals surface area contributed by atoms with Crippen molar-refractivity contribution in [2.24, 2.45) is 5.73 Å². The van der Waals surface area contributed by atoms with Crippen molar-refractivity contribution in [2.75, 3.05) is 0 Å². The average Bonchev–Trinajstić information content (AvgIpc) is 3.41. The summed E-state index contributed by atoms with van der Waals surface area (Å²) in [7, 11) is 0. The molecule has 3 aromatic rings. The van der Waals surface area contributed by atoms with E-state index in [4.69, 9.17) is 11.1 Å². The van der Waals surface area contributed by atoms with Crippen molar-refractivity contribution in [3.8, 4) is 0 Å². The van der Waals surface area contributed by atoms with Crippen molar-refractivity contribution in [3.05, 3.63) is 82.9 Å². The van der Waals surface area contributed by atoms with Crippen LogP contribution in [0.3, 0.4) is 0 Å². The number of benzene rings is 3. The molecule has 1 aliphatic carbocycles. The number of nitrogens with two attached hydrogens (primary N) is 1. The van der Waals surface area contributed by atoms with Gasteiger partial charge in [0.1, 0.15) is 5.84 Å². The molecule has 0 bridgehead atoms. The molecule has 1 aliphatic rings. The molecule has 0 spiro atoms. The lowest BCUT2D eigenvalue weighted by Gasteiger charge is -2.08. The van der Waals surface area contributed by atoms with Crippen LogP contribution < -0.4 is 5.73 Å². The average molecular weight is 365 g/mol. The second-order valence-corrected chi connectivity index (χ2v) is 7.51. The van der Waals surface area contributed by atoms with Crippen LogP contribution in [-0.4, -0.2) is 5.84 Å². The third kappa shape index (κ3) is 3.47. The van der Waals surface area contributed by atoms with E-state index in [1.165, 1.54) is 28.5 Å². The normalized spacial score (nSPS) is 18.6. The molecule has 0 radical (unpaired) electrons. The maximum absolute atomic E-state index is 7.57. The van der Waals surface area contributed by atoms with Gasteiger partial charge >= 0.3 is 0 Å². The van der Waals surface area contributed by atoms with Gasteiger partial charge in [-0.15, -0.1) is 12.4 Å². The Bertz CT molecular complexity index is 944. The van der Waals surface area contributed by atoms with E-state index in [-0.39, 0.29) is 18.2 Å². The topological polar surface area (TPSA) is 49.9 Å². The van der Waals surface area contributed by atoms with E-state index in [9.17, 15) is 0 Å². The Labute approximate surface area is 161 Å². The quantitative estimate of drug-likeness (QED) is 0.436. The minimum absolute atomic E-state index is 0. The fourth-order valence-corrected chi connectivity index (χ4v) is 3.72. The van der Waals surface area contributed by atoms with Gasteiger partial charge < -0.3 is 5.73 Å². The summed E-state index contributed by atoms with van der Waals surface area (Å²) in [5, 5.41) is 9.95. The highest BCUT2D eigenvalue weighted by atomic mass is 35.5. The highest BCUT2D eigenvalue weighted by molar-refractivity contribution is 5.99. The van der Waals surface area contributed by atoms with Crippen LogP contribution in [0.5, 0.6) is 0 Å². The van der Waals surface area contributed by atoms with Crippen molar-refractivity contribution >= 4 is 29.0 Å². The van der Waals surface area contributed by atoms with Crippen LogP contribution >= 0.6 is 12.4 Å². The minimum Gasteiger partial charge on any atom is -0.384 e. The molecule has 3 heteroatoms. The van der Waals surface area contributed by atoms with Crippen molar-refractivity contribution in [3.63, 3.8) is 0 Å². The molecular formula is C23H25ClN2. The highest BCUT2D eigenvalue weighted by Gasteiger charge is 2.39. The van der Waals surface area contributed by atoms with Crippen molar-refractivity contribution in [1.82, 2.24) is 0 Å². The Morgan fingerprint density at radius 2 is 1.46 bits per heavy atom. The number of hydrogen-bond donors (Lipinski definition) is 2. The number of hydrogen-bond acceptors (Lipinski definition) is 1. The molecular weight excluding hydrogens is 340 g/mol. The van der Waals surface area contributed by atoms with E-state index in [0.717, 1.165) is 10.9 Å². The molecule has 3 aromatic carbocycles. The maximum atomic E-state index is 7.57. The Morgan fingerprint density at radius 3 is 2.12 bits per heavy atom. The molecule has 0 saturated heterocycles.